The second-order valence-corrected chi connectivity index (χ2v) is 9.71. The van der Waals surface area contributed by atoms with E-state index in [1.807, 2.05) is 24.3 Å². The highest BCUT2D eigenvalue weighted by Crippen LogP contribution is 2.63. The van der Waals surface area contributed by atoms with Gasteiger partial charge in [0.25, 0.3) is 0 Å². The fourth-order valence-corrected chi connectivity index (χ4v) is 6.97. The number of methoxy groups -OCH3 is 1. The number of Topliss-reactive ketones (excluding diaryl/α,β-unsaturated/α-hetero) is 1. The number of benzene rings is 1. The highest BCUT2D eigenvalue weighted by Gasteiger charge is 2.60. The average molecular weight is 402 g/mol. The molecule has 5 rings (SSSR count). The van der Waals surface area contributed by atoms with Gasteiger partial charge in [-0.15, -0.1) is 0 Å². The summed E-state index contributed by atoms with van der Waals surface area (Å²) in [6.07, 6.45) is 14.6. The van der Waals surface area contributed by atoms with Crippen molar-refractivity contribution < 1.29 is 14.6 Å². The van der Waals surface area contributed by atoms with Gasteiger partial charge in [0, 0.05) is 17.4 Å². The van der Waals surface area contributed by atoms with Crippen LogP contribution in [0.1, 0.15) is 63.9 Å². The summed E-state index contributed by atoms with van der Waals surface area (Å²) in [5.74, 6) is 4.39. The van der Waals surface area contributed by atoms with Gasteiger partial charge >= 0.3 is 0 Å². The lowest BCUT2D eigenvalue weighted by atomic mass is 9.55. The summed E-state index contributed by atoms with van der Waals surface area (Å²) >= 11 is 0. The molecular formula is C27H29O3. The van der Waals surface area contributed by atoms with Crippen molar-refractivity contribution >= 4 is 11.4 Å². The average Bonchev–Trinajstić information content (AvgIpc) is 3.04. The Kier molecular flexibility index (Phi) is 4.49. The molecule has 0 unspecified atom stereocenters. The molecule has 1 aromatic carbocycles. The normalized spacial score (nSPS) is 35.5. The molecule has 2 fully saturated rings. The first-order valence-electron chi connectivity index (χ1n) is 11.2. The maximum atomic E-state index is 13.0. The molecule has 0 spiro atoms. The number of ketones is 1. The molecule has 0 amide bonds. The number of fused-ring (bicyclic) bond motifs is 4. The molecule has 0 aliphatic heterocycles. The molecule has 0 aromatic heterocycles. The number of rotatable bonds is 2. The molecule has 1 N–H and O–H groups in total. The van der Waals surface area contributed by atoms with Gasteiger partial charge in [-0.3, -0.25) is 4.79 Å². The molecule has 3 heteroatoms. The van der Waals surface area contributed by atoms with Crippen molar-refractivity contribution in [2.75, 3.05) is 7.11 Å². The minimum absolute atomic E-state index is 0.246. The lowest BCUT2D eigenvalue weighted by Gasteiger charge is -2.50. The van der Waals surface area contributed by atoms with Crippen molar-refractivity contribution in [1.29, 1.82) is 0 Å². The number of aliphatic hydroxyl groups is 1. The van der Waals surface area contributed by atoms with E-state index in [9.17, 15) is 9.90 Å². The summed E-state index contributed by atoms with van der Waals surface area (Å²) in [6, 6.07) is 7.88. The van der Waals surface area contributed by atoms with Crippen LogP contribution in [0.3, 0.4) is 0 Å². The minimum Gasteiger partial charge on any atom is -0.497 e. The van der Waals surface area contributed by atoms with Crippen LogP contribution >= 0.6 is 0 Å². The van der Waals surface area contributed by atoms with Gasteiger partial charge in [-0.05, 0) is 92.0 Å². The molecule has 0 bridgehead atoms. The Morgan fingerprint density at radius 2 is 1.97 bits per heavy atom. The van der Waals surface area contributed by atoms with Crippen molar-refractivity contribution in [2.45, 2.75) is 63.9 Å². The molecule has 0 saturated heterocycles. The van der Waals surface area contributed by atoms with E-state index < -0.39 is 5.60 Å². The third-order valence-electron chi connectivity index (χ3n) is 8.63. The van der Waals surface area contributed by atoms with E-state index >= 15 is 0 Å². The Bertz CT molecular complexity index is 1020. The quantitative estimate of drug-likeness (QED) is 0.706. The lowest BCUT2D eigenvalue weighted by molar-refractivity contribution is -0.113. The first kappa shape index (κ1) is 19.6. The summed E-state index contributed by atoms with van der Waals surface area (Å²) in [4.78, 5) is 13.0. The fraction of sp³-hybridized carbons (Fsp3) is 0.519. The van der Waals surface area contributed by atoms with E-state index in [4.69, 9.17) is 11.2 Å². The third-order valence-corrected chi connectivity index (χ3v) is 8.63. The molecular weight excluding hydrogens is 372 g/mol. The Morgan fingerprint density at radius 3 is 2.73 bits per heavy atom. The Balaban J connectivity index is 1.60. The fourth-order valence-electron chi connectivity index (χ4n) is 6.97. The number of allylic oxidation sites excluding steroid dienone is 4. The number of ether oxygens (including phenoxy) is 1. The van der Waals surface area contributed by atoms with Crippen LogP contribution in [-0.4, -0.2) is 23.6 Å². The van der Waals surface area contributed by atoms with Crippen LogP contribution in [0, 0.1) is 29.6 Å². The topological polar surface area (TPSA) is 46.5 Å². The first-order chi connectivity index (χ1) is 14.4. The van der Waals surface area contributed by atoms with Gasteiger partial charge in [0.15, 0.2) is 5.78 Å². The van der Waals surface area contributed by atoms with Crippen LogP contribution in [0.4, 0.5) is 0 Å². The molecule has 3 nitrogen and oxygen atoms in total. The monoisotopic (exact) mass is 401 g/mol. The van der Waals surface area contributed by atoms with Gasteiger partial charge < -0.3 is 9.84 Å². The van der Waals surface area contributed by atoms with Crippen molar-refractivity contribution in [2.24, 2.45) is 17.3 Å². The van der Waals surface area contributed by atoms with Crippen LogP contribution in [0.5, 0.6) is 5.75 Å². The Hall–Kier alpha value is -2.31. The zero-order valence-corrected chi connectivity index (χ0v) is 17.9. The van der Waals surface area contributed by atoms with Gasteiger partial charge in [0.1, 0.15) is 11.4 Å². The smallest absolute Gasteiger partial charge is 0.164 e. The van der Waals surface area contributed by atoms with Crippen LogP contribution in [0.2, 0.25) is 0 Å². The highest BCUT2D eigenvalue weighted by molar-refractivity contribution is 6.23. The molecule has 2 saturated carbocycles. The predicted molar refractivity (Wildman–Crippen MR) is 116 cm³/mol. The van der Waals surface area contributed by atoms with Crippen molar-refractivity contribution in [3.8, 4) is 11.7 Å². The Morgan fingerprint density at radius 1 is 1.13 bits per heavy atom. The van der Waals surface area contributed by atoms with Crippen molar-refractivity contribution in [1.82, 2.24) is 0 Å². The maximum Gasteiger partial charge on any atom is 0.164 e. The SMILES string of the molecule is [C]#C[C@]1(O)CC[C@H]2[C@@H]3CCC4=C(c5cccc(OC)c5)C(=O)CCC4=C3CC[C@@]21C. The maximum absolute atomic E-state index is 13.0. The van der Waals surface area contributed by atoms with Crippen LogP contribution in [-0.2, 0) is 4.79 Å². The van der Waals surface area contributed by atoms with Crippen LogP contribution in [0.25, 0.3) is 5.57 Å². The van der Waals surface area contributed by atoms with E-state index in [0.29, 0.717) is 24.7 Å². The zero-order chi connectivity index (χ0) is 21.1. The summed E-state index contributed by atoms with van der Waals surface area (Å²) in [7, 11) is 1.66. The molecule has 4 aliphatic carbocycles. The molecule has 1 aromatic rings. The van der Waals surface area contributed by atoms with Gasteiger partial charge in [-0.2, -0.15) is 0 Å². The molecule has 155 valence electrons. The summed E-state index contributed by atoms with van der Waals surface area (Å²) in [6.45, 7) is 2.17. The molecule has 0 heterocycles. The van der Waals surface area contributed by atoms with Gasteiger partial charge in [-0.25, -0.2) is 0 Å². The standard InChI is InChI=1S/C27H29O3/c1-4-27(29)15-13-23-21-8-9-22-19(20(21)12-14-26(23,27)2)10-11-24(28)25(22)17-6-5-7-18(16-17)30-3/h5-7,16,21,23,29H,8-15H2,2-3H3/t21-,23+,26+,27+/m1/s1. The molecule has 30 heavy (non-hydrogen) atoms. The lowest BCUT2D eigenvalue weighted by Crippen LogP contribution is -2.49. The van der Waals surface area contributed by atoms with Gasteiger partial charge in [0.05, 0.1) is 7.11 Å². The van der Waals surface area contributed by atoms with E-state index in [2.05, 4.69) is 12.8 Å². The second kappa shape index (κ2) is 6.86. The van der Waals surface area contributed by atoms with E-state index in [1.54, 1.807) is 7.11 Å². The number of hydrogen-bond donors (Lipinski definition) is 1. The summed E-state index contributed by atoms with van der Waals surface area (Å²) in [5.41, 5.74) is 4.72. The zero-order valence-electron chi connectivity index (χ0n) is 17.9. The van der Waals surface area contributed by atoms with E-state index in [0.717, 1.165) is 55.4 Å². The van der Waals surface area contributed by atoms with Gasteiger partial charge in [0.2, 0.25) is 0 Å². The second-order valence-electron chi connectivity index (χ2n) is 9.71. The number of carbonyl (C=O) groups excluding carboxylic acids is 1. The molecule has 1 radical (unpaired) electrons. The van der Waals surface area contributed by atoms with Crippen LogP contribution in [0.15, 0.2) is 41.0 Å². The largest absolute Gasteiger partial charge is 0.497 e. The molecule has 4 atom stereocenters. The van der Waals surface area contributed by atoms with E-state index in [1.165, 1.54) is 16.7 Å². The summed E-state index contributed by atoms with van der Waals surface area (Å²) in [5, 5.41) is 11.1. The Labute approximate surface area is 179 Å². The molecule has 4 aliphatic rings. The first-order valence-corrected chi connectivity index (χ1v) is 11.2. The van der Waals surface area contributed by atoms with E-state index in [-0.39, 0.29) is 11.2 Å². The number of carbonyl (C=O) groups is 1. The summed E-state index contributed by atoms with van der Waals surface area (Å²) < 4.78 is 5.40. The third kappa shape index (κ3) is 2.59. The minimum atomic E-state index is -1.09. The van der Waals surface area contributed by atoms with Crippen molar-refractivity contribution in [3.63, 3.8) is 0 Å². The highest BCUT2D eigenvalue weighted by atomic mass is 16.5. The van der Waals surface area contributed by atoms with Crippen molar-refractivity contribution in [3.05, 3.63) is 53.0 Å². The predicted octanol–water partition coefficient (Wildman–Crippen LogP) is 5.05. The van der Waals surface area contributed by atoms with Gasteiger partial charge in [-0.1, -0.05) is 30.6 Å². The van der Waals surface area contributed by atoms with Crippen LogP contribution < -0.4 is 4.74 Å². The number of hydrogen-bond acceptors (Lipinski definition) is 3.